The zero-order chi connectivity index (χ0) is 22.5. The third-order valence-electron chi connectivity index (χ3n) is 4.91. The van der Waals surface area contributed by atoms with Crippen LogP contribution in [0.25, 0.3) is 5.69 Å². The van der Waals surface area contributed by atoms with Gasteiger partial charge in [0, 0.05) is 17.5 Å². The highest BCUT2D eigenvalue weighted by molar-refractivity contribution is 8.00. The molecule has 30 heavy (non-hydrogen) atoms. The summed E-state index contributed by atoms with van der Waals surface area (Å²) in [5, 5.41) is -0.448. The molecule has 1 heterocycles. The standard InChI is InChI=1S/C19H17ClF4N2O3S/c1-8-16(19(22,23)24)25(3)18(29)26(17(8)28)13-7-14(11(20)6-12(13)21)30-15(9(2)27)10-4-5-10/h6-7,10,15H,4-5H2,1-3H3. The number of hydrogen-bond donors (Lipinski definition) is 0. The van der Waals surface area contributed by atoms with Gasteiger partial charge in [0.15, 0.2) is 0 Å². The molecule has 5 nitrogen and oxygen atoms in total. The molecule has 0 spiro atoms. The highest BCUT2D eigenvalue weighted by atomic mass is 35.5. The molecular formula is C19H17ClF4N2O3S. The van der Waals surface area contributed by atoms with Gasteiger partial charge < -0.3 is 0 Å². The van der Waals surface area contributed by atoms with E-state index >= 15 is 0 Å². The zero-order valence-electron chi connectivity index (χ0n) is 16.1. The highest BCUT2D eigenvalue weighted by Gasteiger charge is 2.38. The molecule has 0 bridgehead atoms. The van der Waals surface area contributed by atoms with Crippen LogP contribution >= 0.6 is 23.4 Å². The van der Waals surface area contributed by atoms with Gasteiger partial charge >= 0.3 is 11.9 Å². The lowest BCUT2D eigenvalue weighted by Crippen LogP contribution is -2.43. The number of nitrogens with zero attached hydrogens (tertiary/aromatic N) is 2. The fraction of sp³-hybridized carbons (Fsp3) is 0.421. The molecule has 3 rings (SSSR count). The van der Waals surface area contributed by atoms with Gasteiger partial charge in [0.05, 0.1) is 16.0 Å². The predicted octanol–water partition coefficient (Wildman–Crippen LogP) is 4.12. The molecule has 1 fully saturated rings. The lowest BCUT2D eigenvalue weighted by atomic mass is 10.2. The number of benzene rings is 1. The fourth-order valence-corrected chi connectivity index (χ4v) is 4.83. The van der Waals surface area contributed by atoms with Crippen molar-refractivity contribution in [1.82, 2.24) is 9.13 Å². The Kier molecular flexibility index (Phi) is 5.94. The number of carbonyl (C=O) groups excluding carboxylic acids is 1. The fourth-order valence-electron chi connectivity index (χ4n) is 3.30. The molecule has 11 heteroatoms. The summed E-state index contributed by atoms with van der Waals surface area (Å²) >= 11 is 7.19. The van der Waals surface area contributed by atoms with Gasteiger partial charge in [0.1, 0.15) is 17.3 Å². The first-order valence-electron chi connectivity index (χ1n) is 8.91. The molecule has 162 valence electrons. The second-order valence-corrected chi connectivity index (χ2v) is 8.76. The van der Waals surface area contributed by atoms with E-state index in [0.29, 0.717) is 4.57 Å². The maximum atomic E-state index is 14.7. The molecule has 0 N–H and O–H groups in total. The summed E-state index contributed by atoms with van der Waals surface area (Å²) in [6, 6.07) is 2.00. The van der Waals surface area contributed by atoms with Crippen LogP contribution in [0.5, 0.6) is 0 Å². The molecule has 1 aromatic heterocycles. The van der Waals surface area contributed by atoms with E-state index in [-0.39, 0.29) is 26.2 Å². The minimum Gasteiger partial charge on any atom is -0.299 e. The SMILES string of the molecule is CC(=O)C(Sc1cc(-n2c(=O)c(C)c(C(F)(F)F)n(C)c2=O)c(F)cc1Cl)C1CC1. The molecule has 0 radical (unpaired) electrons. The topological polar surface area (TPSA) is 61.1 Å². The first-order valence-corrected chi connectivity index (χ1v) is 10.2. The maximum absolute atomic E-state index is 14.7. The van der Waals surface area contributed by atoms with Gasteiger partial charge in [-0.15, -0.1) is 11.8 Å². The Hall–Kier alpha value is -2.07. The van der Waals surface area contributed by atoms with E-state index in [2.05, 4.69) is 0 Å². The van der Waals surface area contributed by atoms with Crippen molar-refractivity contribution in [2.24, 2.45) is 13.0 Å². The number of hydrogen-bond acceptors (Lipinski definition) is 4. The van der Waals surface area contributed by atoms with Crippen LogP contribution in [0.4, 0.5) is 17.6 Å². The van der Waals surface area contributed by atoms with Gasteiger partial charge in [-0.3, -0.25) is 14.2 Å². The monoisotopic (exact) mass is 464 g/mol. The summed E-state index contributed by atoms with van der Waals surface area (Å²) in [4.78, 5) is 37.4. The summed E-state index contributed by atoms with van der Waals surface area (Å²) in [5.41, 5.74) is -5.30. The minimum absolute atomic E-state index is 0.0262. The van der Waals surface area contributed by atoms with E-state index in [1.54, 1.807) is 0 Å². The van der Waals surface area contributed by atoms with E-state index in [1.165, 1.54) is 6.92 Å². The maximum Gasteiger partial charge on any atom is 0.432 e. The Bertz CT molecular complexity index is 1120. The summed E-state index contributed by atoms with van der Waals surface area (Å²) < 4.78 is 55.1. The Morgan fingerprint density at radius 2 is 1.87 bits per heavy atom. The molecule has 1 aromatic carbocycles. The van der Waals surface area contributed by atoms with E-state index in [9.17, 15) is 31.9 Å². The molecule has 0 amide bonds. The normalized spacial score (nSPS) is 15.3. The van der Waals surface area contributed by atoms with Crippen molar-refractivity contribution >= 4 is 29.1 Å². The predicted molar refractivity (Wildman–Crippen MR) is 105 cm³/mol. The second-order valence-electron chi connectivity index (χ2n) is 7.17. The molecule has 1 atom stereocenters. The Morgan fingerprint density at radius 1 is 1.27 bits per heavy atom. The number of Topliss-reactive ketones (excluding diaryl/α,β-unsaturated/α-hetero) is 1. The van der Waals surface area contributed by atoms with E-state index in [4.69, 9.17) is 11.6 Å². The van der Waals surface area contributed by atoms with Crippen LogP contribution in [0.1, 0.15) is 31.0 Å². The molecule has 2 aromatic rings. The zero-order valence-corrected chi connectivity index (χ0v) is 17.7. The minimum atomic E-state index is -4.94. The van der Waals surface area contributed by atoms with Crippen LogP contribution in [0, 0.1) is 18.7 Å². The smallest absolute Gasteiger partial charge is 0.299 e. The van der Waals surface area contributed by atoms with Crippen molar-refractivity contribution in [1.29, 1.82) is 0 Å². The molecule has 1 unspecified atom stereocenters. The average molecular weight is 465 g/mol. The van der Waals surface area contributed by atoms with Crippen molar-refractivity contribution in [3.8, 4) is 5.69 Å². The Labute approximate surface area is 177 Å². The average Bonchev–Trinajstić information content (AvgIpc) is 3.44. The Balaban J connectivity index is 2.21. The summed E-state index contributed by atoms with van der Waals surface area (Å²) in [7, 11) is 0.858. The van der Waals surface area contributed by atoms with Gasteiger partial charge in [0.2, 0.25) is 0 Å². The lowest BCUT2D eigenvalue weighted by molar-refractivity contribution is -0.144. The van der Waals surface area contributed by atoms with E-state index in [0.717, 1.165) is 50.7 Å². The molecular weight excluding hydrogens is 448 g/mol. The molecule has 1 saturated carbocycles. The van der Waals surface area contributed by atoms with Gasteiger partial charge in [-0.25, -0.2) is 13.8 Å². The lowest BCUT2D eigenvalue weighted by Gasteiger charge is -2.18. The van der Waals surface area contributed by atoms with Gasteiger partial charge in [-0.05, 0) is 44.7 Å². The number of alkyl halides is 3. The van der Waals surface area contributed by atoms with Gasteiger partial charge in [-0.2, -0.15) is 13.2 Å². The van der Waals surface area contributed by atoms with Crippen LogP contribution in [0.3, 0.4) is 0 Å². The van der Waals surface area contributed by atoms with Crippen molar-refractivity contribution in [2.75, 3.05) is 0 Å². The quantitative estimate of drug-likeness (QED) is 0.493. The highest BCUT2D eigenvalue weighted by Crippen LogP contribution is 2.44. The number of rotatable bonds is 5. The Morgan fingerprint density at radius 3 is 2.37 bits per heavy atom. The number of aromatic nitrogens is 2. The van der Waals surface area contributed by atoms with Crippen molar-refractivity contribution in [2.45, 2.75) is 43.0 Å². The molecule has 1 aliphatic carbocycles. The largest absolute Gasteiger partial charge is 0.432 e. The van der Waals surface area contributed by atoms with Crippen LogP contribution in [0.15, 0.2) is 26.6 Å². The van der Waals surface area contributed by atoms with E-state index in [1.807, 2.05) is 0 Å². The first kappa shape index (κ1) is 22.6. The van der Waals surface area contributed by atoms with E-state index < -0.39 is 45.4 Å². The van der Waals surface area contributed by atoms with Crippen LogP contribution in [-0.2, 0) is 18.0 Å². The van der Waals surface area contributed by atoms with Crippen LogP contribution in [-0.4, -0.2) is 20.2 Å². The summed E-state index contributed by atoms with van der Waals surface area (Å²) in [5.74, 6) is -0.989. The number of thioether (sulfide) groups is 1. The van der Waals surface area contributed by atoms with Crippen molar-refractivity contribution < 1.29 is 22.4 Å². The number of carbonyl (C=O) groups is 1. The number of halogens is 5. The molecule has 1 aliphatic rings. The van der Waals surface area contributed by atoms with Crippen molar-refractivity contribution in [3.05, 3.63) is 55.1 Å². The molecule has 0 aliphatic heterocycles. The van der Waals surface area contributed by atoms with Crippen LogP contribution in [0.2, 0.25) is 5.02 Å². The van der Waals surface area contributed by atoms with Crippen molar-refractivity contribution in [3.63, 3.8) is 0 Å². The van der Waals surface area contributed by atoms with Gasteiger partial charge in [0.25, 0.3) is 5.56 Å². The van der Waals surface area contributed by atoms with Crippen LogP contribution < -0.4 is 11.2 Å². The summed E-state index contributed by atoms with van der Waals surface area (Å²) in [6.07, 6.45) is -3.21. The summed E-state index contributed by atoms with van der Waals surface area (Å²) in [6.45, 7) is 2.34. The third kappa shape index (κ3) is 4.07. The second kappa shape index (κ2) is 7.88. The molecule has 0 saturated heterocycles. The first-order chi connectivity index (χ1) is 13.8. The third-order valence-corrected chi connectivity index (χ3v) is 6.90. The number of ketones is 1. The van der Waals surface area contributed by atoms with Gasteiger partial charge in [-0.1, -0.05) is 11.6 Å².